The van der Waals surface area contributed by atoms with Crippen molar-refractivity contribution in [2.45, 2.75) is 39.1 Å². The Labute approximate surface area is 94.0 Å². The van der Waals surface area contributed by atoms with Gasteiger partial charge in [-0.1, -0.05) is 26.0 Å². The second-order valence-electron chi connectivity index (χ2n) is 3.64. The minimum Gasteiger partial charge on any atom is -0.474 e. The predicted octanol–water partition coefficient (Wildman–Crippen LogP) is 3.19. The van der Waals surface area contributed by atoms with Crippen LogP contribution in [0.2, 0.25) is 13.1 Å². The van der Waals surface area contributed by atoms with Crippen LogP contribution in [0.4, 0.5) is 0 Å². The lowest BCUT2D eigenvalue weighted by atomic mass is 10.3. The molecule has 0 aromatic carbocycles. The molecule has 0 aliphatic rings. The molecule has 88 valence electrons. The number of hydrogen-bond acceptors (Lipinski definition) is 3. The van der Waals surface area contributed by atoms with Crippen molar-refractivity contribution in [1.29, 1.82) is 0 Å². The lowest BCUT2D eigenvalue weighted by Crippen LogP contribution is -2.39. The quantitative estimate of drug-likeness (QED) is 0.263. The van der Waals surface area contributed by atoms with Crippen LogP contribution in [0.25, 0.3) is 0 Å². The fraction of sp³-hybridized carbons (Fsp3) is 0.636. The van der Waals surface area contributed by atoms with Gasteiger partial charge in [0.2, 0.25) is 0 Å². The molecule has 0 spiro atoms. The molecule has 1 atom stereocenters. The van der Waals surface area contributed by atoms with Gasteiger partial charge in [-0.3, -0.25) is 0 Å². The smallest absolute Gasteiger partial charge is 0.334 e. The Hall–Kier alpha value is -0.583. The molecule has 0 amide bonds. The summed E-state index contributed by atoms with van der Waals surface area (Å²) >= 11 is 0. The van der Waals surface area contributed by atoms with Crippen LogP contribution >= 0.6 is 0 Å². The van der Waals surface area contributed by atoms with Crippen LogP contribution in [0.1, 0.15) is 19.8 Å². The van der Waals surface area contributed by atoms with Gasteiger partial charge < -0.3 is 13.6 Å². The molecule has 0 aromatic heterocycles. The summed E-state index contributed by atoms with van der Waals surface area (Å²) in [5.74, 6) is 0. The zero-order chi connectivity index (χ0) is 11.7. The fourth-order valence-corrected chi connectivity index (χ4v) is 2.50. The highest BCUT2D eigenvalue weighted by molar-refractivity contribution is 6.64. The van der Waals surface area contributed by atoms with Gasteiger partial charge in [0.1, 0.15) is 0 Å². The third-order valence-electron chi connectivity index (χ3n) is 1.74. The molecule has 0 saturated carbocycles. The van der Waals surface area contributed by atoms with E-state index in [1.54, 1.807) is 6.08 Å². The van der Waals surface area contributed by atoms with E-state index in [-0.39, 0.29) is 6.29 Å². The third-order valence-corrected chi connectivity index (χ3v) is 3.43. The highest BCUT2D eigenvalue weighted by Crippen LogP contribution is 2.14. The molecule has 0 heterocycles. The molecule has 3 nitrogen and oxygen atoms in total. The number of ether oxygens (including phenoxy) is 1. The van der Waals surface area contributed by atoms with Crippen LogP contribution in [0.5, 0.6) is 0 Å². The Morgan fingerprint density at radius 1 is 1.33 bits per heavy atom. The van der Waals surface area contributed by atoms with E-state index in [9.17, 15) is 0 Å². The van der Waals surface area contributed by atoms with Crippen molar-refractivity contribution in [2.24, 2.45) is 0 Å². The SMILES string of the molecule is C=CCO[Si](C)(C)OC(CCC)OC=C. The molecule has 0 radical (unpaired) electrons. The first-order chi connectivity index (χ1) is 7.05. The summed E-state index contributed by atoms with van der Waals surface area (Å²) in [5.41, 5.74) is 0. The first kappa shape index (κ1) is 14.4. The van der Waals surface area contributed by atoms with Crippen LogP contribution in [-0.4, -0.2) is 21.5 Å². The van der Waals surface area contributed by atoms with Crippen molar-refractivity contribution in [3.63, 3.8) is 0 Å². The second-order valence-corrected chi connectivity index (χ2v) is 6.96. The van der Waals surface area contributed by atoms with Gasteiger partial charge >= 0.3 is 8.56 Å². The number of rotatable bonds is 9. The number of hydrogen-bond donors (Lipinski definition) is 0. The van der Waals surface area contributed by atoms with Crippen molar-refractivity contribution < 1.29 is 13.6 Å². The van der Waals surface area contributed by atoms with E-state index < -0.39 is 8.56 Å². The maximum Gasteiger partial charge on any atom is 0.334 e. The summed E-state index contributed by atoms with van der Waals surface area (Å²) in [6, 6.07) is 0. The molecule has 0 aliphatic carbocycles. The topological polar surface area (TPSA) is 27.7 Å². The zero-order valence-corrected chi connectivity index (χ0v) is 11.0. The molecule has 0 N–H and O–H groups in total. The lowest BCUT2D eigenvalue weighted by molar-refractivity contribution is -0.0573. The van der Waals surface area contributed by atoms with Crippen LogP contribution in [-0.2, 0) is 13.6 Å². The van der Waals surface area contributed by atoms with E-state index in [1.165, 1.54) is 6.26 Å². The van der Waals surface area contributed by atoms with Gasteiger partial charge in [0, 0.05) is 6.42 Å². The molecule has 0 saturated heterocycles. The standard InChI is InChI=1S/C11H22O3Si/c1-6-9-11(12-8-3)14-15(4,5)13-10-7-2/h7-8,11H,2-3,6,9-10H2,1,4-5H3. The maximum absolute atomic E-state index is 5.80. The second kappa shape index (κ2) is 7.68. The molecule has 15 heavy (non-hydrogen) atoms. The van der Waals surface area contributed by atoms with Crippen molar-refractivity contribution in [2.75, 3.05) is 6.61 Å². The average molecular weight is 230 g/mol. The van der Waals surface area contributed by atoms with Crippen molar-refractivity contribution in [3.05, 3.63) is 25.5 Å². The minimum absolute atomic E-state index is 0.237. The van der Waals surface area contributed by atoms with Gasteiger partial charge in [-0.2, -0.15) is 0 Å². The highest BCUT2D eigenvalue weighted by Gasteiger charge is 2.28. The van der Waals surface area contributed by atoms with Gasteiger partial charge in [-0.15, -0.1) is 6.58 Å². The van der Waals surface area contributed by atoms with Gasteiger partial charge in [-0.25, -0.2) is 0 Å². The molecule has 4 heteroatoms. The molecule has 1 unspecified atom stereocenters. The van der Waals surface area contributed by atoms with E-state index >= 15 is 0 Å². The Morgan fingerprint density at radius 2 is 2.00 bits per heavy atom. The maximum atomic E-state index is 5.80. The van der Waals surface area contributed by atoms with E-state index in [4.69, 9.17) is 13.6 Å². The predicted molar refractivity (Wildman–Crippen MR) is 64.7 cm³/mol. The monoisotopic (exact) mass is 230 g/mol. The van der Waals surface area contributed by atoms with Gasteiger partial charge in [0.05, 0.1) is 12.9 Å². The van der Waals surface area contributed by atoms with Gasteiger partial charge in [-0.05, 0) is 13.1 Å². The summed E-state index contributed by atoms with van der Waals surface area (Å²) in [4.78, 5) is 0. The molecule has 0 aromatic rings. The van der Waals surface area contributed by atoms with E-state index in [0.29, 0.717) is 6.61 Å². The molecule has 0 fully saturated rings. The summed E-state index contributed by atoms with van der Waals surface area (Å²) in [5, 5.41) is 0. The van der Waals surface area contributed by atoms with Crippen LogP contribution in [0, 0.1) is 0 Å². The summed E-state index contributed by atoms with van der Waals surface area (Å²) in [7, 11) is -2.11. The average Bonchev–Trinajstić information content (AvgIpc) is 2.15. The zero-order valence-electron chi connectivity index (χ0n) is 9.99. The Kier molecular flexibility index (Phi) is 7.38. The third kappa shape index (κ3) is 7.36. The van der Waals surface area contributed by atoms with Gasteiger partial charge in [0.15, 0.2) is 6.29 Å². The summed E-state index contributed by atoms with van der Waals surface area (Å²) in [6.07, 6.45) is 4.75. The first-order valence-corrected chi connectivity index (χ1v) is 8.06. The summed E-state index contributed by atoms with van der Waals surface area (Å²) in [6.45, 7) is 13.7. The van der Waals surface area contributed by atoms with Crippen molar-refractivity contribution in [3.8, 4) is 0 Å². The normalized spacial score (nSPS) is 13.3. The molecular formula is C11H22O3Si. The van der Waals surface area contributed by atoms with E-state index in [2.05, 4.69) is 20.1 Å². The van der Waals surface area contributed by atoms with Crippen LogP contribution in [0.3, 0.4) is 0 Å². The highest BCUT2D eigenvalue weighted by atomic mass is 28.4. The van der Waals surface area contributed by atoms with Gasteiger partial charge in [0.25, 0.3) is 0 Å². The first-order valence-electron chi connectivity index (χ1n) is 5.24. The van der Waals surface area contributed by atoms with Crippen LogP contribution < -0.4 is 0 Å². The van der Waals surface area contributed by atoms with Crippen LogP contribution in [0.15, 0.2) is 25.5 Å². The fourth-order valence-electron chi connectivity index (χ4n) is 1.11. The summed E-state index contributed by atoms with van der Waals surface area (Å²) < 4.78 is 16.7. The van der Waals surface area contributed by atoms with Crippen molar-refractivity contribution in [1.82, 2.24) is 0 Å². The Balaban J connectivity index is 4.09. The minimum atomic E-state index is -2.11. The Bertz CT molecular complexity index is 192. The lowest BCUT2D eigenvalue weighted by Gasteiger charge is -2.27. The van der Waals surface area contributed by atoms with E-state index in [1.807, 2.05) is 13.1 Å². The van der Waals surface area contributed by atoms with Crippen molar-refractivity contribution >= 4 is 8.56 Å². The Morgan fingerprint density at radius 3 is 2.47 bits per heavy atom. The molecular weight excluding hydrogens is 208 g/mol. The van der Waals surface area contributed by atoms with E-state index in [0.717, 1.165) is 12.8 Å². The molecule has 0 bridgehead atoms. The molecule has 0 rings (SSSR count). The largest absolute Gasteiger partial charge is 0.474 e. The molecule has 0 aliphatic heterocycles.